The topological polar surface area (TPSA) is 12.5 Å². The Morgan fingerprint density at radius 2 is 2.17 bits per heavy atom. The lowest BCUT2D eigenvalue weighted by Gasteiger charge is -2.38. The van der Waals surface area contributed by atoms with Crippen molar-refractivity contribution in [1.82, 2.24) is 4.90 Å². The first-order chi connectivity index (χ1) is 5.63. The smallest absolute Gasteiger partial charge is 0.117 e. The van der Waals surface area contributed by atoms with Gasteiger partial charge >= 0.3 is 0 Å². The zero-order valence-electron chi connectivity index (χ0n) is 8.09. The molecule has 1 aliphatic rings. The minimum atomic E-state index is -0.367. The number of nitrogens with zero attached hydrogens (tertiary/aromatic N) is 1. The number of halogens is 1. The Labute approximate surface area is 73.7 Å². The molecule has 0 bridgehead atoms. The lowest BCUT2D eigenvalue weighted by atomic mass is 10.2. The Kier molecular flexibility index (Phi) is 3.47. The van der Waals surface area contributed by atoms with Crippen molar-refractivity contribution < 1.29 is 9.13 Å². The molecule has 3 heteroatoms. The molecule has 1 saturated heterocycles. The van der Waals surface area contributed by atoms with E-state index in [1.54, 1.807) is 0 Å². The predicted octanol–water partition coefficient (Wildman–Crippen LogP) is 1.45. The van der Waals surface area contributed by atoms with Gasteiger partial charge in [-0.1, -0.05) is 0 Å². The highest BCUT2D eigenvalue weighted by Crippen LogP contribution is 2.13. The van der Waals surface area contributed by atoms with E-state index >= 15 is 0 Å². The fourth-order valence-electron chi connectivity index (χ4n) is 1.59. The van der Waals surface area contributed by atoms with Crippen molar-refractivity contribution in [2.24, 2.45) is 0 Å². The molecular weight excluding hydrogens is 157 g/mol. The molecule has 0 unspecified atom stereocenters. The van der Waals surface area contributed by atoms with Crippen LogP contribution in [0.2, 0.25) is 0 Å². The molecule has 72 valence electrons. The van der Waals surface area contributed by atoms with Crippen LogP contribution in [0.3, 0.4) is 0 Å². The van der Waals surface area contributed by atoms with Gasteiger partial charge in [-0.2, -0.15) is 0 Å². The Morgan fingerprint density at radius 1 is 1.50 bits per heavy atom. The summed E-state index contributed by atoms with van der Waals surface area (Å²) in [6.45, 7) is 7.55. The molecule has 0 amide bonds. The lowest BCUT2D eigenvalue weighted by molar-refractivity contribution is -0.0920. The van der Waals surface area contributed by atoms with Crippen LogP contribution in [0.4, 0.5) is 4.39 Å². The molecule has 0 radical (unpaired) electrons. The summed E-state index contributed by atoms with van der Waals surface area (Å²) < 4.78 is 17.7. The van der Waals surface area contributed by atoms with Gasteiger partial charge in [0.25, 0.3) is 0 Å². The summed E-state index contributed by atoms with van der Waals surface area (Å²) in [5.41, 5.74) is 0. The van der Waals surface area contributed by atoms with E-state index in [1.165, 1.54) is 0 Å². The fourth-order valence-corrected chi connectivity index (χ4v) is 1.59. The number of morpholine rings is 1. The molecule has 0 aliphatic carbocycles. The Balaban J connectivity index is 2.45. The van der Waals surface area contributed by atoms with Gasteiger partial charge in [0.2, 0.25) is 0 Å². The number of hydrogen-bond donors (Lipinski definition) is 0. The lowest BCUT2D eigenvalue weighted by Crippen LogP contribution is -2.49. The molecule has 0 aromatic heterocycles. The average molecular weight is 175 g/mol. The first kappa shape index (κ1) is 9.93. The molecule has 0 spiro atoms. The highest BCUT2D eigenvalue weighted by molar-refractivity contribution is 4.77. The first-order valence-electron chi connectivity index (χ1n) is 4.59. The second-order valence-corrected chi connectivity index (χ2v) is 3.77. The van der Waals surface area contributed by atoms with E-state index in [0.29, 0.717) is 6.04 Å². The minimum Gasteiger partial charge on any atom is -0.370 e. The summed E-state index contributed by atoms with van der Waals surface area (Å²) >= 11 is 0. The van der Waals surface area contributed by atoms with E-state index in [9.17, 15) is 4.39 Å². The van der Waals surface area contributed by atoms with Crippen LogP contribution < -0.4 is 0 Å². The van der Waals surface area contributed by atoms with E-state index < -0.39 is 0 Å². The monoisotopic (exact) mass is 175 g/mol. The molecule has 0 aromatic carbocycles. The van der Waals surface area contributed by atoms with Crippen LogP contribution in [0.1, 0.15) is 20.8 Å². The quantitative estimate of drug-likeness (QED) is 0.630. The zero-order chi connectivity index (χ0) is 9.14. The minimum absolute atomic E-state index is 0.168. The number of ether oxygens (including phenoxy) is 1. The number of rotatable bonds is 2. The van der Waals surface area contributed by atoms with Crippen LogP contribution in [0.25, 0.3) is 0 Å². The second-order valence-electron chi connectivity index (χ2n) is 3.77. The molecule has 1 rings (SSSR count). The van der Waals surface area contributed by atoms with E-state index in [2.05, 4.69) is 18.7 Å². The zero-order valence-corrected chi connectivity index (χ0v) is 8.09. The van der Waals surface area contributed by atoms with Gasteiger partial charge in [-0.3, -0.25) is 4.90 Å². The summed E-state index contributed by atoms with van der Waals surface area (Å²) in [4.78, 5) is 2.26. The Morgan fingerprint density at radius 3 is 2.67 bits per heavy atom. The maximum absolute atomic E-state index is 12.3. The largest absolute Gasteiger partial charge is 0.370 e. The third-order valence-electron chi connectivity index (χ3n) is 2.26. The van der Waals surface area contributed by atoms with Crippen molar-refractivity contribution in [2.45, 2.75) is 39.0 Å². The van der Waals surface area contributed by atoms with E-state index in [-0.39, 0.29) is 18.9 Å². The molecule has 1 aliphatic heterocycles. The van der Waals surface area contributed by atoms with Crippen LogP contribution in [0.5, 0.6) is 0 Å². The van der Waals surface area contributed by atoms with Crippen molar-refractivity contribution in [3.8, 4) is 0 Å². The molecule has 2 atom stereocenters. The Bertz CT molecular complexity index is 140. The van der Waals surface area contributed by atoms with E-state index in [1.807, 2.05) is 6.92 Å². The van der Waals surface area contributed by atoms with Gasteiger partial charge in [-0.05, 0) is 20.8 Å². The van der Waals surface area contributed by atoms with Gasteiger partial charge in [0.05, 0.1) is 12.2 Å². The standard InChI is InChI=1S/C9H18FNO/c1-7(2)11-5-8(3)12-9(4-10)6-11/h7-9H,4-6H2,1-3H3/t8-,9+/m1/s1. The van der Waals surface area contributed by atoms with Crippen molar-refractivity contribution in [3.63, 3.8) is 0 Å². The Hall–Kier alpha value is -0.150. The summed E-state index contributed by atoms with van der Waals surface area (Å²) in [6, 6.07) is 0.491. The van der Waals surface area contributed by atoms with Gasteiger partial charge in [0.15, 0.2) is 0 Å². The third kappa shape index (κ3) is 2.42. The normalized spacial score (nSPS) is 32.8. The van der Waals surface area contributed by atoms with Gasteiger partial charge < -0.3 is 4.74 Å². The number of alkyl halides is 1. The number of hydrogen-bond acceptors (Lipinski definition) is 2. The SMILES string of the molecule is CC(C)N1C[C@H](CF)O[C@H](C)C1. The molecule has 2 nitrogen and oxygen atoms in total. The van der Waals surface area contributed by atoms with Crippen molar-refractivity contribution >= 4 is 0 Å². The van der Waals surface area contributed by atoms with Crippen LogP contribution in [0, 0.1) is 0 Å². The average Bonchev–Trinajstić information content (AvgIpc) is 2.03. The third-order valence-corrected chi connectivity index (χ3v) is 2.26. The highest BCUT2D eigenvalue weighted by atomic mass is 19.1. The molecule has 1 heterocycles. The van der Waals surface area contributed by atoms with Crippen LogP contribution >= 0.6 is 0 Å². The van der Waals surface area contributed by atoms with Crippen LogP contribution in [-0.2, 0) is 4.74 Å². The highest BCUT2D eigenvalue weighted by Gasteiger charge is 2.26. The first-order valence-corrected chi connectivity index (χ1v) is 4.59. The predicted molar refractivity (Wildman–Crippen MR) is 47.0 cm³/mol. The van der Waals surface area contributed by atoms with Gasteiger partial charge in [-0.25, -0.2) is 4.39 Å². The maximum Gasteiger partial charge on any atom is 0.117 e. The van der Waals surface area contributed by atoms with E-state index in [4.69, 9.17) is 4.74 Å². The summed E-state index contributed by atoms with van der Waals surface area (Å²) in [7, 11) is 0. The summed E-state index contributed by atoms with van der Waals surface area (Å²) in [5.74, 6) is 0. The van der Waals surface area contributed by atoms with Crippen molar-refractivity contribution in [1.29, 1.82) is 0 Å². The summed E-state index contributed by atoms with van der Waals surface area (Å²) in [6.07, 6.45) is -0.0435. The molecule has 12 heavy (non-hydrogen) atoms. The van der Waals surface area contributed by atoms with Crippen LogP contribution in [-0.4, -0.2) is 42.9 Å². The van der Waals surface area contributed by atoms with Gasteiger partial charge in [-0.15, -0.1) is 0 Å². The van der Waals surface area contributed by atoms with Crippen molar-refractivity contribution in [3.05, 3.63) is 0 Å². The second kappa shape index (κ2) is 4.19. The molecule has 0 N–H and O–H groups in total. The molecule has 0 saturated carbocycles. The molecule has 0 aromatic rings. The summed E-state index contributed by atoms with van der Waals surface area (Å²) in [5, 5.41) is 0. The fraction of sp³-hybridized carbons (Fsp3) is 1.00. The maximum atomic E-state index is 12.3. The molecular formula is C9H18FNO. The van der Waals surface area contributed by atoms with Gasteiger partial charge in [0, 0.05) is 19.1 Å². The van der Waals surface area contributed by atoms with Crippen molar-refractivity contribution in [2.75, 3.05) is 19.8 Å². The molecule has 1 fully saturated rings. The van der Waals surface area contributed by atoms with Gasteiger partial charge in [0.1, 0.15) is 6.67 Å². The van der Waals surface area contributed by atoms with E-state index in [0.717, 1.165) is 13.1 Å². The van der Waals surface area contributed by atoms with Crippen LogP contribution in [0.15, 0.2) is 0 Å².